The molecule has 1 atom stereocenters. The highest BCUT2D eigenvalue weighted by Crippen LogP contribution is 2.18. The standard InChI is InChI=1S/C13H21NO2.C4H4O4/c1-13(2,3)14-8-11(9-15)10-4-6-12(16)7-5-10;5-3(6)1-2-4(7)8/h4-7,11,14-16H,8-9H2,1-3H3;1-2H,(H,5,6)(H,7,8)/b;2-1+. The Kier molecular flexibility index (Phi) is 9.37. The summed E-state index contributed by atoms with van der Waals surface area (Å²) in [6.07, 6.45) is 1.12. The summed E-state index contributed by atoms with van der Waals surface area (Å²) in [5, 5.41) is 37.5. The zero-order valence-corrected chi connectivity index (χ0v) is 14.1. The van der Waals surface area contributed by atoms with Gasteiger partial charge in [0.25, 0.3) is 0 Å². The van der Waals surface area contributed by atoms with Crippen LogP contribution in [0.2, 0.25) is 0 Å². The Morgan fingerprint density at radius 2 is 1.54 bits per heavy atom. The lowest BCUT2D eigenvalue weighted by Crippen LogP contribution is -2.39. The summed E-state index contributed by atoms with van der Waals surface area (Å²) in [6, 6.07) is 6.99. The minimum atomic E-state index is -1.26. The van der Waals surface area contributed by atoms with Crippen LogP contribution in [0.4, 0.5) is 0 Å². The Morgan fingerprint density at radius 3 is 1.88 bits per heavy atom. The molecule has 0 aliphatic rings. The van der Waals surface area contributed by atoms with Crippen molar-refractivity contribution >= 4 is 11.9 Å². The van der Waals surface area contributed by atoms with Crippen molar-refractivity contribution in [2.75, 3.05) is 13.2 Å². The summed E-state index contributed by atoms with van der Waals surface area (Å²) >= 11 is 0. The van der Waals surface area contributed by atoms with Crippen LogP contribution < -0.4 is 5.32 Å². The van der Waals surface area contributed by atoms with Crippen LogP contribution in [0, 0.1) is 0 Å². The van der Waals surface area contributed by atoms with Crippen molar-refractivity contribution in [3.63, 3.8) is 0 Å². The van der Waals surface area contributed by atoms with Gasteiger partial charge in [-0.2, -0.15) is 0 Å². The van der Waals surface area contributed by atoms with Crippen molar-refractivity contribution in [3.8, 4) is 5.75 Å². The highest BCUT2D eigenvalue weighted by atomic mass is 16.4. The number of carboxylic acid groups (broad SMARTS) is 2. The fourth-order valence-corrected chi connectivity index (χ4v) is 1.61. The number of aromatic hydroxyl groups is 1. The zero-order chi connectivity index (χ0) is 18.8. The summed E-state index contributed by atoms with van der Waals surface area (Å²) in [5.41, 5.74) is 1.08. The number of carboxylic acids is 2. The number of aliphatic hydroxyl groups excluding tert-OH is 1. The first-order chi connectivity index (χ1) is 11.0. The smallest absolute Gasteiger partial charge is 0.328 e. The van der Waals surface area contributed by atoms with E-state index in [1.165, 1.54) is 0 Å². The number of aliphatic carboxylic acids is 2. The average molecular weight is 339 g/mol. The zero-order valence-electron chi connectivity index (χ0n) is 14.1. The lowest BCUT2D eigenvalue weighted by Gasteiger charge is -2.24. The van der Waals surface area contributed by atoms with E-state index in [1.54, 1.807) is 12.1 Å². The number of rotatable bonds is 6. The van der Waals surface area contributed by atoms with E-state index in [1.807, 2.05) is 12.1 Å². The second-order valence-corrected chi connectivity index (χ2v) is 6.11. The van der Waals surface area contributed by atoms with Gasteiger partial charge in [-0.05, 0) is 38.5 Å². The normalized spacial score (nSPS) is 12.3. The van der Waals surface area contributed by atoms with E-state index in [4.69, 9.17) is 10.2 Å². The van der Waals surface area contributed by atoms with Crippen molar-refractivity contribution in [2.24, 2.45) is 0 Å². The van der Waals surface area contributed by atoms with Gasteiger partial charge in [0.1, 0.15) is 5.75 Å². The highest BCUT2D eigenvalue weighted by molar-refractivity contribution is 5.89. The van der Waals surface area contributed by atoms with Crippen LogP contribution in [0.1, 0.15) is 32.3 Å². The van der Waals surface area contributed by atoms with Gasteiger partial charge in [-0.25, -0.2) is 9.59 Å². The molecule has 1 aromatic carbocycles. The second-order valence-electron chi connectivity index (χ2n) is 6.11. The Hall–Kier alpha value is -2.38. The summed E-state index contributed by atoms with van der Waals surface area (Å²) < 4.78 is 0. The first-order valence-electron chi connectivity index (χ1n) is 7.34. The molecule has 1 rings (SSSR count). The Balaban J connectivity index is 0.000000561. The lowest BCUT2D eigenvalue weighted by atomic mass is 9.98. The number of benzene rings is 1. The van der Waals surface area contributed by atoms with E-state index in [2.05, 4.69) is 26.1 Å². The van der Waals surface area contributed by atoms with Gasteiger partial charge in [0.05, 0.1) is 6.61 Å². The number of phenols is 1. The maximum atomic E-state index is 9.55. The van der Waals surface area contributed by atoms with E-state index >= 15 is 0 Å². The molecule has 0 aliphatic heterocycles. The van der Waals surface area contributed by atoms with Crippen LogP contribution in [0.3, 0.4) is 0 Å². The van der Waals surface area contributed by atoms with Crippen LogP contribution >= 0.6 is 0 Å². The Morgan fingerprint density at radius 1 is 1.08 bits per heavy atom. The third-order valence-corrected chi connectivity index (χ3v) is 2.83. The van der Waals surface area contributed by atoms with E-state index in [-0.39, 0.29) is 23.8 Å². The van der Waals surface area contributed by atoms with Crippen LogP contribution in [0.15, 0.2) is 36.4 Å². The Labute approximate surface area is 141 Å². The molecule has 7 nitrogen and oxygen atoms in total. The topological polar surface area (TPSA) is 127 Å². The molecular formula is C17H25NO6. The molecule has 0 amide bonds. The van der Waals surface area contributed by atoms with Crippen molar-refractivity contribution in [1.29, 1.82) is 0 Å². The maximum absolute atomic E-state index is 9.55. The maximum Gasteiger partial charge on any atom is 0.328 e. The molecular weight excluding hydrogens is 314 g/mol. The van der Waals surface area contributed by atoms with Gasteiger partial charge in [-0.3, -0.25) is 0 Å². The average Bonchev–Trinajstić information content (AvgIpc) is 2.47. The molecule has 0 aliphatic carbocycles. The molecule has 0 spiro atoms. The quantitative estimate of drug-likeness (QED) is 0.498. The summed E-state index contributed by atoms with van der Waals surface area (Å²) in [4.78, 5) is 19.1. The minimum absolute atomic E-state index is 0.0460. The fourth-order valence-electron chi connectivity index (χ4n) is 1.61. The fraction of sp³-hybridized carbons (Fsp3) is 0.412. The largest absolute Gasteiger partial charge is 0.508 e. The number of aliphatic hydroxyl groups is 1. The van der Waals surface area contributed by atoms with Crippen LogP contribution in [-0.2, 0) is 9.59 Å². The molecule has 24 heavy (non-hydrogen) atoms. The molecule has 0 saturated carbocycles. The van der Waals surface area contributed by atoms with Gasteiger partial charge in [0.2, 0.25) is 0 Å². The molecule has 0 saturated heterocycles. The molecule has 1 aromatic rings. The number of carbonyl (C=O) groups is 2. The van der Waals surface area contributed by atoms with E-state index in [9.17, 15) is 19.8 Å². The van der Waals surface area contributed by atoms with Crippen LogP contribution in [0.25, 0.3) is 0 Å². The summed E-state index contributed by atoms with van der Waals surface area (Å²) in [7, 11) is 0. The van der Waals surface area contributed by atoms with Crippen molar-refractivity contribution < 1.29 is 30.0 Å². The third-order valence-electron chi connectivity index (χ3n) is 2.83. The van der Waals surface area contributed by atoms with Gasteiger partial charge in [-0.1, -0.05) is 12.1 Å². The van der Waals surface area contributed by atoms with Crippen LogP contribution in [-0.4, -0.2) is 51.1 Å². The van der Waals surface area contributed by atoms with Crippen molar-refractivity contribution in [1.82, 2.24) is 5.32 Å². The molecule has 0 fully saturated rings. The number of nitrogens with one attached hydrogen (secondary N) is 1. The van der Waals surface area contributed by atoms with Crippen LogP contribution in [0.5, 0.6) is 5.75 Å². The summed E-state index contributed by atoms with van der Waals surface area (Å²) in [6.45, 7) is 7.12. The molecule has 1 unspecified atom stereocenters. The van der Waals surface area contributed by atoms with Gasteiger partial charge >= 0.3 is 11.9 Å². The molecule has 7 heteroatoms. The van der Waals surface area contributed by atoms with E-state index in [0.29, 0.717) is 12.2 Å². The van der Waals surface area contributed by atoms with Crippen molar-refractivity contribution in [3.05, 3.63) is 42.0 Å². The van der Waals surface area contributed by atoms with Gasteiger partial charge in [-0.15, -0.1) is 0 Å². The van der Waals surface area contributed by atoms with Gasteiger partial charge < -0.3 is 25.7 Å². The SMILES string of the molecule is CC(C)(C)NCC(CO)c1ccc(O)cc1.O=C(O)/C=C/C(=O)O. The molecule has 0 heterocycles. The third kappa shape index (κ3) is 11.2. The van der Waals surface area contributed by atoms with Gasteiger partial charge in [0, 0.05) is 30.2 Å². The predicted molar refractivity (Wildman–Crippen MR) is 90.1 cm³/mol. The lowest BCUT2D eigenvalue weighted by molar-refractivity contribution is -0.134. The Bertz CT molecular complexity index is 529. The molecule has 0 radical (unpaired) electrons. The first-order valence-corrected chi connectivity index (χ1v) is 7.34. The number of phenolic OH excluding ortho intramolecular Hbond substituents is 1. The number of hydrogen-bond donors (Lipinski definition) is 5. The number of hydrogen-bond acceptors (Lipinski definition) is 5. The summed E-state index contributed by atoms with van der Waals surface area (Å²) in [5.74, 6) is -2.19. The second kappa shape index (κ2) is 10.4. The van der Waals surface area contributed by atoms with Crippen molar-refractivity contribution in [2.45, 2.75) is 32.2 Å². The molecule has 0 aromatic heterocycles. The first kappa shape index (κ1) is 21.6. The molecule has 5 N–H and O–H groups in total. The highest BCUT2D eigenvalue weighted by Gasteiger charge is 2.15. The van der Waals surface area contributed by atoms with Gasteiger partial charge in [0.15, 0.2) is 0 Å². The molecule has 0 bridgehead atoms. The monoisotopic (exact) mass is 339 g/mol. The predicted octanol–water partition coefficient (Wildman–Crippen LogP) is 1.57. The van der Waals surface area contributed by atoms with E-state index in [0.717, 1.165) is 12.1 Å². The molecule has 134 valence electrons. The minimum Gasteiger partial charge on any atom is -0.508 e. The van der Waals surface area contributed by atoms with E-state index < -0.39 is 11.9 Å².